The first-order valence-electron chi connectivity index (χ1n) is 6.80. The Morgan fingerprint density at radius 1 is 1.28 bits per heavy atom. The van der Waals surface area contributed by atoms with Gasteiger partial charge in [0.1, 0.15) is 0 Å². The Kier molecular flexibility index (Phi) is 5.26. The molecular weight excluding hydrogens is 220 g/mol. The van der Waals surface area contributed by atoms with E-state index in [1.165, 1.54) is 25.8 Å². The summed E-state index contributed by atoms with van der Waals surface area (Å²) >= 11 is 0. The van der Waals surface area contributed by atoms with Crippen LogP contribution >= 0.6 is 0 Å². The van der Waals surface area contributed by atoms with Crippen LogP contribution in [0.2, 0.25) is 0 Å². The van der Waals surface area contributed by atoms with E-state index >= 15 is 0 Å². The Morgan fingerprint density at radius 3 is 2.83 bits per heavy atom. The number of piperidine rings is 1. The maximum atomic E-state index is 3.57. The molecule has 1 aromatic carbocycles. The van der Waals surface area contributed by atoms with Crippen LogP contribution in [-0.2, 0) is 0 Å². The van der Waals surface area contributed by atoms with Crippen LogP contribution in [0.15, 0.2) is 30.3 Å². The van der Waals surface area contributed by atoms with Crippen LogP contribution < -0.4 is 5.32 Å². The van der Waals surface area contributed by atoms with Gasteiger partial charge in [-0.25, -0.2) is 0 Å². The molecule has 0 saturated carbocycles. The standard InChI is InChI=1S/C16H22N2/c1-18(14-16-11-5-6-12-17-16)13-7-10-15-8-3-2-4-9-15/h2-4,8-9,16-17H,5-6,11-14H2,1H3. The number of likely N-dealkylation sites (N-methyl/N-ethyl adjacent to an activating group) is 1. The molecule has 2 heteroatoms. The van der Waals surface area contributed by atoms with Crippen LogP contribution in [0.5, 0.6) is 0 Å². The van der Waals surface area contributed by atoms with Crippen LogP contribution in [-0.4, -0.2) is 37.6 Å². The quantitative estimate of drug-likeness (QED) is 0.817. The lowest BCUT2D eigenvalue weighted by molar-refractivity contribution is 0.283. The zero-order valence-corrected chi connectivity index (χ0v) is 11.2. The summed E-state index contributed by atoms with van der Waals surface area (Å²) in [4.78, 5) is 2.30. The van der Waals surface area contributed by atoms with E-state index in [4.69, 9.17) is 0 Å². The molecule has 1 aliphatic heterocycles. The highest BCUT2D eigenvalue weighted by Gasteiger charge is 2.13. The zero-order valence-electron chi connectivity index (χ0n) is 11.2. The molecule has 1 atom stereocenters. The Morgan fingerprint density at radius 2 is 2.11 bits per heavy atom. The van der Waals surface area contributed by atoms with E-state index in [9.17, 15) is 0 Å². The summed E-state index contributed by atoms with van der Waals surface area (Å²) in [7, 11) is 2.15. The summed E-state index contributed by atoms with van der Waals surface area (Å²) < 4.78 is 0. The minimum absolute atomic E-state index is 0.655. The number of benzene rings is 1. The van der Waals surface area contributed by atoms with Crippen LogP contribution in [0.1, 0.15) is 24.8 Å². The molecule has 2 rings (SSSR count). The second-order valence-electron chi connectivity index (χ2n) is 5.01. The first-order chi connectivity index (χ1) is 8.84. The van der Waals surface area contributed by atoms with Gasteiger partial charge in [0.25, 0.3) is 0 Å². The van der Waals surface area contributed by atoms with E-state index in [0.717, 1.165) is 18.7 Å². The molecule has 0 radical (unpaired) electrons. The first kappa shape index (κ1) is 13.1. The fourth-order valence-corrected chi connectivity index (χ4v) is 2.32. The highest BCUT2D eigenvalue weighted by Crippen LogP contribution is 2.07. The molecule has 0 aliphatic carbocycles. The van der Waals surface area contributed by atoms with Crippen molar-refractivity contribution in [2.75, 3.05) is 26.7 Å². The SMILES string of the molecule is CN(CC#Cc1ccccc1)CC1CCCCN1. The van der Waals surface area contributed by atoms with E-state index in [0.29, 0.717) is 6.04 Å². The van der Waals surface area contributed by atoms with Crippen molar-refractivity contribution in [1.82, 2.24) is 10.2 Å². The van der Waals surface area contributed by atoms with Gasteiger partial charge in [0, 0.05) is 18.2 Å². The van der Waals surface area contributed by atoms with Crippen LogP contribution in [0.3, 0.4) is 0 Å². The highest BCUT2D eigenvalue weighted by molar-refractivity contribution is 5.33. The molecule has 1 aromatic rings. The summed E-state index contributed by atoms with van der Waals surface area (Å²) in [6.45, 7) is 3.12. The van der Waals surface area contributed by atoms with Crippen molar-refractivity contribution >= 4 is 0 Å². The Balaban J connectivity index is 1.74. The molecule has 0 aromatic heterocycles. The number of hydrogen-bond donors (Lipinski definition) is 1. The van der Waals surface area contributed by atoms with Crippen LogP contribution in [0.25, 0.3) is 0 Å². The minimum atomic E-state index is 0.655. The smallest absolute Gasteiger partial charge is 0.0603 e. The molecule has 1 aliphatic rings. The molecular formula is C16H22N2. The fraction of sp³-hybridized carbons (Fsp3) is 0.500. The van der Waals surface area contributed by atoms with Crippen molar-refractivity contribution in [3.8, 4) is 11.8 Å². The molecule has 1 N–H and O–H groups in total. The average Bonchev–Trinajstić information content (AvgIpc) is 2.41. The summed E-state index contributed by atoms with van der Waals surface area (Å²) in [5.74, 6) is 6.44. The average molecular weight is 242 g/mol. The Bertz CT molecular complexity index is 396. The van der Waals surface area contributed by atoms with Gasteiger partial charge in [0.15, 0.2) is 0 Å². The topological polar surface area (TPSA) is 15.3 Å². The molecule has 0 bridgehead atoms. The highest BCUT2D eigenvalue weighted by atomic mass is 15.1. The summed E-state index contributed by atoms with van der Waals surface area (Å²) in [5.41, 5.74) is 1.10. The van der Waals surface area contributed by atoms with Crippen LogP contribution in [0, 0.1) is 11.8 Å². The van der Waals surface area contributed by atoms with Gasteiger partial charge >= 0.3 is 0 Å². The van der Waals surface area contributed by atoms with E-state index in [-0.39, 0.29) is 0 Å². The summed E-state index contributed by atoms with van der Waals surface area (Å²) in [5, 5.41) is 3.57. The molecule has 0 amide bonds. The molecule has 1 unspecified atom stereocenters. The molecule has 96 valence electrons. The van der Waals surface area contributed by atoms with Crippen LogP contribution in [0.4, 0.5) is 0 Å². The maximum absolute atomic E-state index is 3.57. The van der Waals surface area contributed by atoms with Crippen molar-refractivity contribution in [1.29, 1.82) is 0 Å². The molecule has 1 heterocycles. The summed E-state index contributed by atoms with van der Waals surface area (Å²) in [6, 6.07) is 10.8. The predicted octanol–water partition coefficient (Wildman–Crippen LogP) is 2.11. The number of nitrogens with zero attached hydrogens (tertiary/aromatic N) is 1. The lowest BCUT2D eigenvalue weighted by Gasteiger charge is -2.27. The molecule has 1 saturated heterocycles. The third-order valence-electron chi connectivity index (χ3n) is 3.30. The van der Waals surface area contributed by atoms with Gasteiger partial charge < -0.3 is 5.32 Å². The second-order valence-corrected chi connectivity index (χ2v) is 5.01. The largest absolute Gasteiger partial charge is 0.313 e. The number of nitrogens with one attached hydrogen (secondary N) is 1. The minimum Gasteiger partial charge on any atom is -0.313 e. The normalized spacial score (nSPS) is 19.3. The lowest BCUT2D eigenvalue weighted by Crippen LogP contribution is -2.42. The van der Waals surface area contributed by atoms with E-state index in [2.05, 4.69) is 41.2 Å². The summed E-state index contributed by atoms with van der Waals surface area (Å²) in [6.07, 6.45) is 3.99. The first-order valence-corrected chi connectivity index (χ1v) is 6.80. The third-order valence-corrected chi connectivity index (χ3v) is 3.30. The fourth-order valence-electron chi connectivity index (χ4n) is 2.32. The predicted molar refractivity (Wildman–Crippen MR) is 76.5 cm³/mol. The molecule has 18 heavy (non-hydrogen) atoms. The van der Waals surface area contributed by atoms with Gasteiger partial charge in [-0.05, 0) is 38.6 Å². The second kappa shape index (κ2) is 7.20. The Labute approximate surface area is 110 Å². The van der Waals surface area contributed by atoms with Crippen molar-refractivity contribution < 1.29 is 0 Å². The van der Waals surface area contributed by atoms with E-state index < -0.39 is 0 Å². The van der Waals surface area contributed by atoms with Gasteiger partial charge in [-0.3, -0.25) is 4.90 Å². The van der Waals surface area contributed by atoms with E-state index in [1.54, 1.807) is 0 Å². The third kappa shape index (κ3) is 4.52. The Hall–Kier alpha value is -1.30. The monoisotopic (exact) mass is 242 g/mol. The van der Waals surface area contributed by atoms with Gasteiger partial charge in [-0.15, -0.1) is 0 Å². The number of hydrogen-bond acceptors (Lipinski definition) is 2. The van der Waals surface area contributed by atoms with Crippen molar-refractivity contribution in [3.05, 3.63) is 35.9 Å². The van der Waals surface area contributed by atoms with Gasteiger partial charge in [0.05, 0.1) is 6.54 Å². The molecule has 0 spiro atoms. The van der Waals surface area contributed by atoms with Gasteiger partial charge in [-0.1, -0.05) is 36.5 Å². The van der Waals surface area contributed by atoms with Crippen molar-refractivity contribution in [3.63, 3.8) is 0 Å². The zero-order chi connectivity index (χ0) is 12.6. The van der Waals surface area contributed by atoms with Crippen molar-refractivity contribution in [2.45, 2.75) is 25.3 Å². The number of rotatable bonds is 3. The maximum Gasteiger partial charge on any atom is 0.0603 e. The van der Waals surface area contributed by atoms with Gasteiger partial charge in [-0.2, -0.15) is 0 Å². The van der Waals surface area contributed by atoms with Crippen molar-refractivity contribution in [2.24, 2.45) is 0 Å². The lowest BCUT2D eigenvalue weighted by atomic mass is 10.0. The van der Waals surface area contributed by atoms with E-state index in [1.807, 2.05) is 18.2 Å². The van der Waals surface area contributed by atoms with Gasteiger partial charge in [0.2, 0.25) is 0 Å². The molecule has 1 fully saturated rings. The molecule has 2 nitrogen and oxygen atoms in total.